The molecule has 5 nitrogen and oxygen atoms in total. The minimum atomic E-state index is -0.427. The van der Waals surface area contributed by atoms with Crippen molar-refractivity contribution in [2.24, 2.45) is 4.99 Å². The van der Waals surface area contributed by atoms with Crippen LogP contribution in [0.5, 0.6) is 0 Å². The molecular weight excluding hydrogens is 194 g/mol. The highest BCUT2D eigenvalue weighted by atomic mass is 16.7. The van der Waals surface area contributed by atoms with Gasteiger partial charge in [-0.2, -0.15) is 5.06 Å². The molecule has 1 aromatic rings. The molecule has 1 atom stereocenters. The van der Waals surface area contributed by atoms with Crippen molar-refractivity contribution in [3.05, 3.63) is 35.9 Å². The molecule has 0 fully saturated rings. The van der Waals surface area contributed by atoms with E-state index < -0.39 is 6.23 Å². The SMILES string of the molecule is CNC(=O)N1C=NC(c2ccccc2)O1. The maximum atomic E-state index is 11.2. The van der Waals surface area contributed by atoms with Gasteiger partial charge in [0, 0.05) is 12.6 Å². The van der Waals surface area contributed by atoms with E-state index in [1.807, 2.05) is 30.3 Å². The third kappa shape index (κ3) is 1.97. The second-order valence-corrected chi connectivity index (χ2v) is 3.01. The van der Waals surface area contributed by atoms with Gasteiger partial charge in [-0.25, -0.2) is 14.6 Å². The lowest BCUT2D eigenvalue weighted by atomic mass is 10.2. The number of carbonyl (C=O) groups excluding carboxylic acids is 1. The Labute approximate surface area is 87.3 Å². The van der Waals surface area contributed by atoms with Gasteiger partial charge >= 0.3 is 6.03 Å². The molecule has 2 rings (SSSR count). The molecule has 1 heterocycles. The molecule has 1 aliphatic rings. The fourth-order valence-corrected chi connectivity index (χ4v) is 1.26. The first-order valence-corrected chi connectivity index (χ1v) is 4.57. The molecule has 0 saturated heterocycles. The Hall–Kier alpha value is -1.88. The zero-order chi connectivity index (χ0) is 10.7. The van der Waals surface area contributed by atoms with E-state index in [1.165, 1.54) is 13.4 Å². The van der Waals surface area contributed by atoms with Crippen molar-refractivity contribution in [3.63, 3.8) is 0 Å². The summed E-state index contributed by atoms with van der Waals surface area (Å²) in [5.41, 5.74) is 0.917. The van der Waals surface area contributed by atoms with Crippen LogP contribution in [0.15, 0.2) is 35.3 Å². The summed E-state index contributed by atoms with van der Waals surface area (Å²) in [4.78, 5) is 20.6. The van der Waals surface area contributed by atoms with E-state index in [4.69, 9.17) is 4.84 Å². The summed E-state index contributed by atoms with van der Waals surface area (Å²) in [7, 11) is 1.54. The fraction of sp³-hybridized carbons (Fsp3) is 0.200. The Morgan fingerprint density at radius 3 is 2.87 bits per heavy atom. The minimum absolute atomic E-state index is 0.336. The van der Waals surface area contributed by atoms with E-state index in [0.29, 0.717) is 0 Å². The summed E-state index contributed by atoms with van der Waals surface area (Å²) in [5, 5.41) is 3.53. The molecule has 0 saturated carbocycles. The van der Waals surface area contributed by atoms with Crippen molar-refractivity contribution in [3.8, 4) is 0 Å². The molecule has 1 aliphatic heterocycles. The van der Waals surface area contributed by atoms with Crippen molar-refractivity contribution in [2.75, 3.05) is 7.05 Å². The molecule has 15 heavy (non-hydrogen) atoms. The Morgan fingerprint density at radius 1 is 1.47 bits per heavy atom. The van der Waals surface area contributed by atoms with Crippen LogP contribution in [0.4, 0.5) is 4.79 Å². The zero-order valence-electron chi connectivity index (χ0n) is 8.25. The van der Waals surface area contributed by atoms with E-state index in [1.54, 1.807) is 0 Å². The highest BCUT2D eigenvalue weighted by Gasteiger charge is 2.23. The van der Waals surface area contributed by atoms with Crippen LogP contribution in [0.3, 0.4) is 0 Å². The average Bonchev–Trinajstić information content (AvgIpc) is 2.78. The van der Waals surface area contributed by atoms with Crippen LogP contribution in [0.2, 0.25) is 0 Å². The lowest BCUT2D eigenvalue weighted by molar-refractivity contribution is -0.0858. The number of hydroxylamine groups is 2. The van der Waals surface area contributed by atoms with Crippen LogP contribution in [0.1, 0.15) is 11.8 Å². The summed E-state index contributed by atoms with van der Waals surface area (Å²) in [6.07, 6.45) is 0.944. The first kappa shape index (κ1) is 9.67. The summed E-state index contributed by atoms with van der Waals surface area (Å²) in [6, 6.07) is 9.17. The number of nitrogens with one attached hydrogen (secondary N) is 1. The van der Waals surface area contributed by atoms with Crippen molar-refractivity contribution < 1.29 is 9.63 Å². The van der Waals surface area contributed by atoms with Gasteiger partial charge in [-0.3, -0.25) is 0 Å². The molecule has 0 spiro atoms. The zero-order valence-corrected chi connectivity index (χ0v) is 8.25. The number of rotatable bonds is 1. The number of hydrogen-bond acceptors (Lipinski definition) is 3. The molecule has 2 amide bonds. The number of hydrogen-bond donors (Lipinski definition) is 1. The molecule has 0 aromatic heterocycles. The lowest BCUT2D eigenvalue weighted by Crippen LogP contribution is -2.34. The molecule has 0 aliphatic carbocycles. The first-order chi connectivity index (χ1) is 7.31. The van der Waals surface area contributed by atoms with E-state index >= 15 is 0 Å². The van der Waals surface area contributed by atoms with Crippen LogP contribution in [-0.4, -0.2) is 24.5 Å². The molecule has 78 valence electrons. The predicted octanol–water partition coefficient (Wildman–Crippen LogP) is 1.30. The lowest BCUT2D eigenvalue weighted by Gasteiger charge is -2.13. The van der Waals surface area contributed by atoms with Gasteiger partial charge in [0.2, 0.25) is 6.23 Å². The van der Waals surface area contributed by atoms with E-state index in [9.17, 15) is 4.79 Å². The molecule has 1 N–H and O–H groups in total. The highest BCUT2D eigenvalue weighted by molar-refractivity contribution is 5.85. The monoisotopic (exact) mass is 205 g/mol. The summed E-state index contributed by atoms with van der Waals surface area (Å²) in [6.45, 7) is 0. The number of benzene rings is 1. The Bertz CT molecular complexity index is 378. The second-order valence-electron chi connectivity index (χ2n) is 3.01. The van der Waals surface area contributed by atoms with Gasteiger partial charge in [-0.15, -0.1) is 0 Å². The number of nitrogens with zero attached hydrogens (tertiary/aromatic N) is 2. The normalized spacial score (nSPS) is 19.3. The first-order valence-electron chi connectivity index (χ1n) is 4.57. The largest absolute Gasteiger partial charge is 0.346 e. The van der Waals surface area contributed by atoms with Crippen molar-refractivity contribution >= 4 is 12.4 Å². The predicted molar refractivity (Wildman–Crippen MR) is 55.1 cm³/mol. The van der Waals surface area contributed by atoms with Gasteiger partial charge in [0.05, 0.1) is 0 Å². The van der Waals surface area contributed by atoms with Crippen LogP contribution in [-0.2, 0) is 4.84 Å². The average molecular weight is 205 g/mol. The summed E-state index contributed by atoms with van der Waals surface area (Å²) in [5.74, 6) is 0. The van der Waals surface area contributed by atoms with Gasteiger partial charge in [0.15, 0.2) is 0 Å². The number of urea groups is 1. The molecule has 0 bridgehead atoms. The minimum Gasteiger partial charge on any atom is -0.339 e. The molecule has 1 unspecified atom stereocenters. The van der Waals surface area contributed by atoms with Crippen LogP contribution < -0.4 is 5.32 Å². The van der Waals surface area contributed by atoms with E-state index in [2.05, 4.69) is 10.3 Å². The Morgan fingerprint density at radius 2 is 2.20 bits per heavy atom. The molecular formula is C10H11N3O2. The third-order valence-electron chi connectivity index (χ3n) is 2.02. The maximum absolute atomic E-state index is 11.2. The second kappa shape index (κ2) is 4.10. The highest BCUT2D eigenvalue weighted by Crippen LogP contribution is 2.23. The molecule has 0 radical (unpaired) electrons. The summed E-state index contributed by atoms with van der Waals surface area (Å²) < 4.78 is 0. The topological polar surface area (TPSA) is 53.9 Å². The Balaban J connectivity index is 2.06. The van der Waals surface area contributed by atoms with Crippen LogP contribution in [0, 0.1) is 0 Å². The van der Waals surface area contributed by atoms with Gasteiger partial charge in [-0.1, -0.05) is 30.3 Å². The van der Waals surface area contributed by atoms with Gasteiger partial charge in [0.1, 0.15) is 6.34 Å². The third-order valence-corrected chi connectivity index (χ3v) is 2.02. The van der Waals surface area contributed by atoms with Gasteiger partial charge in [0.25, 0.3) is 0 Å². The summed E-state index contributed by atoms with van der Waals surface area (Å²) >= 11 is 0. The standard InChI is InChI=1S/C10H11N3O2/c1-11-10(14)13-7-12-9(15-13)8-5-3-2-4-6-8/h2-7,9H,1H3,(H,11,14). The van der Waals surface area contributed by atoms with Crippen molar-refractivity contribution in [2.45, 2.75) is 6.23 Å². The van der Waals surface area contributed by atoms with Crippen molar-refractivity contribution in [1.29, 1.82) is 0 Å². The van der Waals surface area contributed by atoms with Gasteiger partial charge < -0.3 is 5.32 Å². The number of amides is 2. The van der Waals surface area contributed by atoms with E-state index in [-0.39, 0.29) is 6.03 Å². The smallest absolute Gasteiger partial charge is 0.339 e. The van der Waals surface area contributed by atoms with E-state index in [0.717, 1.165) is 10.6 Å². The quantitative estimate of drug-likeness (QED) is 0.751. The van der Waals surface area contributed by atoms with Crippen LogP contribution in [0.25, 0.3) is 0 Å². The number of aliphatic imine (C=N–C) groups is 1. The van der Waals surface area contributed by atoms with Crippen LogP contribution >= 0.6 is 0 Å². The Kier molecular flexibility index (Phi) is 2.64. The fourth-order valence-electron chi connectivity index (χ4n) is 1.26. The van der Waals surface area contributed by atoms with Crippen molar-refractivity contribution in [1.82, 2.24) is 10.4 Å². The van der Waals surface area contributed by atoms with Gasteiger partial charge in [-0.05, 0) is 0 Å². The maximum Gasteiger partial charge on any atom is 0.346 e. The molecule has 1 aromatic carbocycles. The molecule has 5 heteroatoms. The number of carbonyl (C=O) groups is 1.